The molecule has 5 heteroatoms. The van der Waals surface area contributed by atoms with Crippen LogP contribution in [0.3, 0.4) is 0 Å². The first-order chi connectivity index (χ1) is 6.58. The van der Waals surface area contributed by atoms with Gasteiger partial charge in [-0.2, -0.15) is 0 Å². The number of aromatic amines is 1. The summed E-state index contributed by atoms with van der Waals surface area (Å²) in [6.45, 7) is 0. The molecule has 0 aliphatic rings. The van der Waals surface area contributed by atoms with Gasteiger partial charge in [-0.3, -0.25) is 0 Å². The van der Waals surface area contributed by atoms with Crippen LogP contribution >= 0.6 is 11.6 Å². The van der Waals surface area contributed by atoms with Gasteiger partial charge in [0.1, 0.15) is 11.4 Å². The Morgan fingerprint density at radius 2 is 2.07 bits per heavy atom. The molecule has 1 aromatic carbocycles. The van der Waals surface area contributed by atoms with Gasteiger partial charge in [-0.1, -0.05) is 11.6 Å². The number of nitrogens with one attached hydrogen (secondary N) is 1. The highest BCUT2D eigenvalue weighted by Gasteiger charge is 2.09. The molecule has 14 heavy (non-hydrogen) atoms. The number of phenolic OH excluding ortho intramolecular Hbond substituents is 1. The largest absolute Gasteiger partial charge is 0.506 e. The SMILES string of the molecule is O=C(O)c1cc2cc(Cl)c(O)cc2[nH]1. The van der Waals surface area contributed by atoms with Gasteiger partial charge >= 0.3 is 5.97 Å². The zero-order valence-corrected chi connectivity index (χ0v) is 7.67. The van der Waals surface area contributed by atoms with Crippen molar-refractivity contribution in [3.05, 3.63) is 28.9 Å². The molecule has 0 aliphatic heterocycles. The smallest absolute Gasteiger partial charge is 0.352 e. The highest BCUT2D eigenvalue weighted by Crippen LogP contribution is 2.28. The van der Waals surface area contributed by atoms with Crippen LogP contribution in [0, 0.1) is 0 Å². The lowest BCUT2D eigenvalue weighted by molar-refractivity contribution is 0.0691. The average molecular weight is 212 g/mol. The molecule has 0 atom stereocenters. The standard InChI is InChI=1S/C9H6ClNO3/c10-5-1-4-2-7(9(13)14)11-6(4)3-8(5)12/h1-3,11-12H,(H,13,14). The molecule has 0 saturated carbocycles. The summed E-state index contributed by atoms with van der Waals surface area (Å²) in [5, 5.41) is 18.8. The minimum atomic E-state index is -1.04. The summed E-state index contributed by atoms with van der Waals surface area (Å²) in [6, 6.07) is 4.36. The maximum atomic E-state index is 10.6. The first-order valence-corrected chi connectivity index (χ1v) is 4.20. The van der Waals surface area contributed by atoms with E-state index in [4.69, 9.17) is 16.7 Å². The molecule has 0 unspecified atom stereocenters. The van der Waals surface area contributed by atoms with Crippen LogP contribution in [0.5, 0.6) is 5.75 Å². The third kappa shape index (κ3) is 1.29. The lowest BCUT2D eigenvalue weighted by Gasteiger charge is -1.95. The second-order valence-electron chi connectivity index (χ2n) is 2.88. The van der Waals surface area contributed by atoms with E-state index < -0.39 is 5.97 Å². The zero-order valence-electron chi connectivity index (χ0n) is 6.91. The summed E-state index contributed by atoms with van der Waals surface area (Å²) in [5.74, 6) is -1.12. The van der Waals surface area contributed by atoms with Crippen molar-refractivity contribution in [1.29, 1.82) is 0 Å². The predicted octanol–water partition coefficient (Wildman–Crippen LogP) is 2.23. The molecule has 2 aromatic rings. The van der Waals surface area contributed by atoms with E-state index in [1.54, 1.807) is 0 Å². The van der Waals surface area contributed by atoms with Gasteiger partial charge in [0.25, 0.3) is 0 Å². The monoisotopic (exact) mass is 211 g/mol. The van der Waals surface area contributed by atoms with Crippen molar-refractivity contribution in [2.75, 3.05) is 0 Å². The summed E-state index contributed by atoms with van der Waals surface area (Å²) in [5.41, 5.74) is 0.617. The molecule has 0 saturated heterocycles. The van der Waals surface area contributed by atoms with E-state index in [9.17, 15) is 9.90 Å². The first kappa shape index (κ1) is 8.90. The van der Waals surface area contributed by atoms with Crippen LogP contribution in [0.25, 0.3) is 10.9 Å². The Balaban J connectivity index is 2.72. The van der Waals surface area contributed by atoms with Gasteiger partial charge in [-0.15, -0.1) is 0 Å². The third-order valence-corrected chi connectivity index (χ3v) is 2.22. The second-order valence-corrected chi connectivity index (χ2v) is 3.29. The summed E-state index contributed by atoms with van der Waals surface area (Å²) in [4.78, 5) is 13.3. The lowest BCUT2D eigenvalue weighted by Crippen LogP contribution is -1.94. The highest BCUT2D eigenvalue weighted by molar-refractivity contribution is 6.32. The van der Waals surface area contributed by atoms with Crippen LogP contribution in [-0.4, -0.2) is 21.2 Å². The molecule has 4 nitrogen and oxygen atoms in total. The number of carboxylic acid groups (broad SMARTS) is 1. The normalized spacial score (nSPS) is 10.6. The number of aromatic hydroxyl groups is 1. The van der Waals surface area contributed by atoms with Crippen molar-refractivity contribution in [3.63, 3.8) is 0 Å². The Kier molecular flexibility index (Phi) is 1.86. The minimum Gasteiger partial charge on any atom is -0.506 e. The highest BCUT2D eigenvalue weighted by atomic mass is 35.5. The van der Waals surface area contributed by atoms with Crippen molar-refractivity contribution >= 4 is 28.5 Å². The van der Waals surface area contributed by atoms with Crippen molar-refractivity contribution in [2.24, 2.45) is 0 Å². The van der Waals surface area contributed by atoms with Crippen LogP contribution in [0.15, 0.2) is 18.2 Å². The van der Waals surface area contributed by atoms with Crippen LogP contribution < -0.4 is 0 Å². The van der Waals surface area contributed by atoms with E-state index in [2.05, 4.69) is 4.98 Å². The summed E-state index contributed by atoms with van der Waals surface area (Å²) in [7, 11) is 0. The predicted molar refractivity (Wildman–Crippen MR) is 51.9 cm³/mol. The molecular formula is C9H6ClNO3. The average Bonchev–Trinajstić information content (AvgIpc) is 2.48. The van der Waals surface area contributed by atoms with Crippen LogP contribution in [0.2, 0.25) is 5.02 Å². The van der Waals surface area contributed by atoms with Crippen LogP contribution in [-0.2, 0) is 0 Å². The molecule has 0 aliphatic carbocycles. The molecule has 3 N–H and O–H groups in total. The number of hydrogen-bond acceptors (Lipinski definition) is 2. The topological polar surface area (TPSA) is 73.3 Å². The number of aromatic nitrogens is 1. The fourth-order valence-electron chi connectivity index (χ4n) is 1.26. The van der Waals surface area contributed by atoms with Gasteiger partial charge in [0, 0.05) is 17.0 Å². The quantitative estimate of drug-likeness (QED) is 0.677. The fraction of sp³-hybridized carbons (Fsp3) is 0. The number of aromatic carboxylic acids is 1. The van der Waals surface area contributed by atoms with Crippen molar-refractivity contribution < 1.29 is 15.0 Å². The number of carboxylic acids is 1. The van der Waals surface area contributed by atoms with E-state index in [1.165, 1.54) is 18.2 Å². The number of hydrogen-bond donors (Lipinski definition) is 3. The molecule has 72 valence electrons. The van der Waals surface area contributed by atoms with E-state index in [-0.39, 0.29) is 16.5 Å². The van der Waals surface area contributed by atoms with Gasteiger partial charge in [0.15, 0.2) is 0 Å². The lowest BCUT2D eigenvalue weighted by atomic mass is 10.2. The van der Waals surface area contributed by atoms with Gasteiger partial charge < -0.3 is 15.2 Å². The summed E-state index contributed by atoms with van der Waals surface area (Å²) >= 11 is 5.67. The number of halogens is 1. The Bertz CT molecular complexity index is 479. The fourth-order valence-corrected chi connectivity index (χ4v) is 1.43. The molecule has 0 bridgehead atoms. The van der Waals surface area contributed by atoms with E-state index >= 15 is 0 Å². The zero-order chi connectivity index (χ0) is 10.3. The van der Waals surface area contributed by atoms with Gasteiger partial charge in [0.2, 0.25) is 0 Å². The number of fused-ring (bicyclic) bond motifs is 1. The molecule has 0 spiro atoms. The first-order valence-electron chi connectivity index (χ1n) is 3.82. The number of benzene rings is 1. The van der Waals surface area contributed by atoms with Gasteiger partial charge in [0.05, 0.1) is 5.02 Å². The number of H-pyrrole nitrogens is 1. The minimum absolute atomic E-state index is 0.0710. The van der Waals surface area contributed by atoms with E-state index in [0.29, 0.717) is 10.9 Å². The van der Waals surface area contributed by atoms with Crippen molar-refractivity contribution in [1.82, 2.24) is 4.98 Å². The molecule has 0 amide bonds. The van der Waals surface area contributed by atoms with E-state index in [0.717, 1.165) is 0 Å². The van der Waals surface area contributed by atoms with Crippen molar-refractivity contribution in [3.8, 4) is 5.75 Å². The number of rotatable bonds is 1. The van der Waals surface area contributed by atoms with Crippen LogP contribution in [0.1, 0.15) is 10.5 Å². The summed E-state index contributed by atoms with van der Waals surface area (Å²) in [6.07, 6.45) is 0. The Morgan fingerprint density at radius 3 is 2.71 bits per heavy atom. The Labute approximate surface area is 83.7 Å². The molecular weight excluding hydrogens is 206 g/mol. The third-order valence-electron chi connectivity index (χ3n) is 1.92. The number of phenols is 1. The molecule has 1 heterocycles. The second kappa shape index (κ2) is 2.92. The molecule has 0 radical (unpaired) electrons. The van der Waals surface area contributed by atoms with Gasteiger partial charge in [-0.25, -0.2) is 4.79 Å². The number of carbonyl (C=O) groups is 1. The summed E-state index contributed by atoms with van der Waals surface area (Å²) < 4.78 is 0. The van der Waals surface area contributed by atoms with Crippen molar-refractivity contribution in [2.45, 2.75) is 0 Å². The van der Waals surface area contributed by atoms with Gasteiger partial charge in [-0.05, 0) is 12.1 Å². The maximum Gasteiger partial charge on any atom is 0.352 e. The maximum absolute atomic E-state index is 10.6. The molecule has 2 rings (SSSR count). The molecule has 0 fully saturated rings. The van der Waals surface area contributed by atoms with Crippen LogP contribution in [0.4, 0.5) is 0 Å². The Morgan fingerprint density at radius 1 is 1.36 bits per heavy atom. The van der Waals surface area contributed by atoms with E-state index in [1.807, 2.05) is 0 Å². The Hall–Kier alpha value is -1.68. The molecule has 1 aromatic heterocycles.